The van der Waals surface area contributed by atoms with Crippen molar-refractivity contribution in [1.82, 2.24) is 4.57 Å². The largest absolute Gasteiger partial charge is 0.389 e. The molecule has 7 nitrogen and oxygen atoms in total. The van der Waals surface area contributed by atoms with E-state index in [2.05, 4.69) is 15.2 Å². The average molecular weight is 628 g/mol. The van der Waals surface area contributed by atoms with Gasteiger partial charge in [0.05, 0.1) is 11.5 Å². The molecule has 1 aliphatic rings. The number of rotatable bonds is 7. The van der Waals surface area contributed by atoms with Gasteiger partial charge in [-0.3, -0.25) is 14.4 Å². The lowest BCUT2D eigenvalue weighted by Crippen LogP contribution is -2.56. The normalized spacial score (nSPS) is 21.1. The fourth-order valence-electron chi connectivity index (χ4n) is 7.11. The van der Waals surface area contributed by atoms with Crippen LogP contribution in [0.3, 0.4) is 0 Å². The van der Waals surface area contributed by atoms with Gasteiger partial charge in [-0.05, 0) is 86.2 Å². The molecule has 4 unspecified atom stereocenters. The van der Waals surface area contributed by atoms with Crippen LogP contribution in [0.15, 0.2) is 97.2 Å². The Morgan fingerprint density at radius 1 is 0.787 bits per heavy atom. The lowest BCUT2D eigenvalue weighted by Gasteiger charge is -2.44. The van der Waals surface area contributed by atoms with Crippen LogP contribution in [-0.2, 0) is 20.9 Å². The highest BCUT2D eigenvalue weighted by Gasteiger charge is 2.56. The summed E-state index contributed by atoms with van der Waals surface area (Å²) in [6.45, 7) is 9.88. The summed E-state index contributed by atoms with van der Waals surface area (Å²) in [5, 5.41) is 18.9. The van der Waals surface area contributed by atoms with Crippen molar-refractivity contribution in [3.8, 4) is 0 Å². The molecule has 1 saturated carbocycles. The first-order valence-corrected chi connectivity index (χ1v) is 16.1. The number of Topliss-reactive ketones (excluding diaryl/α,β-unsaturated/α-hetero) is 1. The predicted molar refractivity (Wildman–Crippen MR) is 187 cm³/mol. The molecule has 0 aliphatic heterocycles. The van der Waals surface area contributed by atoms with E-state index in [1.165, 1.54) is 6.92 Å². The summed E-state index contributed by atoms with van der Waals surface area (Å²) in [5.74, 6) is -4.63. The molecular weight excluding hydrogens is 586 g/mol. The molecule has 1 aromatic heterocycles. The van der Waals surface area contributed by atoms with Crippen molar-refractivity contribution >= 4 is 39.9 Å². The van der Waals surface area contributed by atoms with Crippen LogP contribution in [0.1, 0.15) is 52.6 Å². The zero-order valence-electron chi connectivity index (χ0n) is 27.5. The number of aliphatic hydroxyl groups is 1. The van der Waals surface area contributed by atoms with Gasteiger partial charge in [-0.2, -0.15) is 0 Å². The molecule has 0 radical (unpaired) electrons. The molecule has 3 N–H and O–H groups in total. The van der Waals surface area contributed by atoms with Crippen LogP contribution in [0.5, 0.6) is 0 Å². The molecule has 1 heterocycles. The lowest BCUT2D eigenvalue weighted by molar-refractivity contribution is -0.150. The molecule has 2 amide bonds. The van der Waals surface area contributed by atoms with E-state index in [4.69, 9.17) is 0 Å². The van der Waals surface area contributed by atoms with Gasteiger partial charge in [-0.1, -0.05) is 72.8 Å². The topological polar surface area (TPSA) is 100 Å². The summed E-state index contributed by atoms with van der Waals surface area (Å²) in [6, 6.07) is 29.2. The quantitative estimate of drug-likeness (QED) is 0.166. The van der Waals surface area contributed by atoms with Gasteiger partial charge in [0.1, 0.15) is 11.7 Å². The molecule has 0 spiro atoms. The molecule has 7 heteroatoms. The van der Waals surface area contributed by atoms with Gasteiger partial charge in [0.2, 0.25) is 11.8 Å². The van der Waals surface area contributed by atoms with E-state index in [1.807, 2.05) is 125 Å². The Morgan fingerprint density at radius 2 is 1.36 bits per heavy atom. The Bertz CT molecular complexity index is 1990. The lowest BCUT2D eigenvalue weighted by atomic mass is 9.61. The fraction of sp³-hybridized carbons (Fsp3) is 0.275. The molecular formula is C40H41N3O4. The average Bonchev–Trinajstić information content (AvgIpc) is 3.39. The summed E-state index contributed by atoms with van der Waals surface area (Å²) in [7, 11) is 0. The minimum absolute atomic E-state index is 0.331. The number of anilines is 2. The Labute approximate surface area is 275 Å². The number of nitrogens with one attached hydrogen (secondary N) is 2. The molecule has 47 heavy (non-hydrogen) atoms. The Balaban J connectivity index is 1.52. The van der Waals surface area contributed by atoms with Crippen LogP contribution in [0.2, 0.25) is 0 Å². The van der Waals surface area contributed by atoms with Crippen LogP contribution in [-0.4, -0.2) is 32.9 Å². The van der Waals surface area contributed by atoms with Crippen LogP contribution < -0.4 is 10.6 Å². The van der Waals surface area contributed by atoms with E-state index in [9.17, 15) is 19.5 Å². The van der Waals surface area contributed by atoms with Gasteiger partial charge in [0, 0.05) is 47.4 Å². The number of fused-ring (bicyclic) bond motifs is 1. The maximum Gasteiger partial charge on any atom is 0.235 e. The van der Waals surface area contributed by atoms with Gasteiger partial charge in [-0.25, -0.2) is 0 Å². The van der Waals surface area contributed by atoms with Gasteiger partial charge < -0.3 is 20.3 Å². The number of hydrogen-bond donors (Lipinski definition) is 3. The minimum Gasteiger partial charge on any atom is -0.389 e. The highest BCUT2D eigenvalue weighted by molar-refractivity contribution is 6.11. The monoisotopic (exact) mass is 627 g/mol. The molecule has 1 aliphatic carbocycles. The van der Waals surface area contributed by atoms with Crippen molar-refractivity contribution in [3.05, 3.63) is 131 Å². The van der Waals surface area contributed by atoms with Crippen molar-refractivity contribution < 1.29 is 19.5 Å². The van der Waals surface area contributed by atoms with E-state index in [-0.39, 0.29) is 6.42 Å². The van der Waals surface area contributed by atoms with E-state index in [0.29, 0.717) is 23.5 Å². The molecule has 0 bridgehead atoms. The van der Waals surface area contributed by atoms with Gasteiger partial charge in [-0.15, -0.1) is 0 Å². The highest BCUT2D eigenvalue weighted by Crippen LogP contribution is 2.49. The SMILES string of the molecule is Cc1cccc(NC(=O)C2C(=O)CC(C)(O)C(C(=O)Nc3cccc(C)c3C)C2c2cn(Cc3ccccc3)c3ccccc23)c1C. The number of carbonyl (C=O) groups excluding carboxylic acids is 3. The highest BCUT2D eigenvalue weighted by atomic mass is 16.3. The smallest absolute Gasteiger partial charge is 0.235 e. The molecule has 0 saturated heterocycles. The molecule has 5 aromatic rings. The molecule has 4 aromatic carbocycles. The van der Waals surface area contributed by atoms with E-state index >= 15 is 0 Å². The van der Waals surface area contributed by atoms with Gasteiger partial charge >= 0.3 is 0 Å². The Hall–Kier alpha value is -5.01. The minimum atomic E-state index is -1.72. The molecule has 1 fully saturated rings. The first-order chi connectivity index (χ1) is 22.5. The maximum absolute atomic E-state index is 14.5. The maximum atomic E-state index is 14.5. The standard InChI is InChI=1S/C40H41N3O4/c1-24-13-11-18-31(26(24)3)41-38(45)36-34(44)21-40(5,47)37(39(46)42-32-19-12-14-25(2)27(32)4)35(36)30-23-43(22-28-15-7-6-8-16-28)33-20-10-9-17-29(30)33/h6-20,23,35-37,47H,21-22H2,1-5H3,(H,41,45)(H,42,46). The zero-order valence-corrected chi connectivity index (χ0v) is 27.5. The zero-order chi connectivity index (χ0) is 33.5. The second-order valence-corrected chi connectivity index (χ2v) is 13.2. The third-order valence-electron chi connectivity index (χ3n) is 9.93. The van der Waals surface area contributed by atoms with Crippen LogP contribution >= 0.6 is 0 Å². The van der Waals surface area contributed by atoms with E-state index in [0.717, 1.165) is 38.7 Å². The second kappa shape index (κ2) is 12.6. The summed E-state index contributed by atoms with van der Waals surface area (Å²) < 4.78 is 2.09. The number of nitrogens with zero attached hydrogens (tertiary/aromatic N) is 1. The second-order valence-electron chi connectivity index (χ2n) is 13.2. The number of amides is 2. The summed E-state index contributed by atoms with van der Waals surface area (Å²) in [4.78, 5) is 42.9. The first kappa shape index (κ1) is 32.0. The van der Waals surface area contributed by atoms with E-state index < -0.39 is 41.0 Å². The number of benzene rings is 4. The van der Waals surface area contributed by atoms with Crippen molar-refractivity contribution in [1.29, 1.82) is 0 Å². The summed E-state index contributed by atoms with van der Waals surface area (Å²) in [5.41, 5.74) is 6.02. The number of aryl methyl sites for hydroxylation is 2. The van der Waals surface area contributed by atoms with Crippen LogP contribution in [0.25, 0.3) is 10.9 Å². The van der Waals surface area contributed by atoms with Gasteiger partial charge in [0.15, 0.2) is 0 Å². The first-order valence-electron chi connectivity index (χ1n) is 16.1. The van der Waals surface area contributed by atoms with Crippen molar-refractivity contribution in [2.24, 2.45) is 11.8 Å². The van der Waals surface area contributed by atoms with E-state index in [1.54, 1.807) is 0 Å². The number of aromatic nitrogens is 1. The van der Waals surface area contributed by atoms with Crippen LogP contribution in [0.4, 0.5) is 11.4 Å². The Kier molecular flexibility index (Phi) is 8.60. The molecule has 4 atom stereocenters. The number of hydrogen-bond acceptors (Lipinski definition) is 4. The Morgan fingerprint density at radius 3 is 2.00 bits per heavy atom. The third kappa shape index (κ3) is 6.11. The summed E-state index contributed by atoms with van der Waals surface area (Å²) in [6.07, 6.45) is 1.62. The number of para-hydroxylation sites is 1. The van der Waals surface area contributed by atoms with Crippen molar-refractivity contribution in [2.45, 2.75) is 59.1 Å². The predicted octanol–water partition coefficient (Wildman–Crippen LogP) is 7.24. The summed E-state index contributed by atoms with van der Waals surface area (Å²) >= 11 is 0. The molecule has 240 valence electrons. The molecule has 6 rings (SSSR count). The van der Waals surface area contributed by atoms with Gasteiger partial charge in [0.25, 0.3) is 0 Å². The third-order valence-corrected chi connectivity index (χ3v) is 9.93. The van der Waals surface area contributed by atoms with Crippen molar-refractivity contribution in [3.63, 3.8) is 0 Å². The number of carbonyl (C=O) groups is 3. The number of ketones is 1. The fourth-order valence-corrected chi connectivity index (χ4v) is 7.11. The van der Waals surface area contributed by atoms with Crippen LogP contribution in [0, 0.1) is 39.5 Å². The van der Waals surface area contributed by atoms with Crippen molar-refractivity contribution in [2.75, 3.05) is 10.6 Å².